The highest BCUT2D eigenvalue weighted by Gasteiger charge is 2.21. The topological polar surface area (TPSA) is 3.24 Å². The molecule has 0 bridgehead atoms. The number of hydrogen-bond donors (Lipinski definition) is 0. The number of benzene rings is 5. The van der Waals surface area contributed by atoms with Gasteiger partial charge in [0.05, 0.1) is 0 Å². The molecule has 1 nitrogen and oxygen atoms in total. The number of nitrogens with zero attached hydrogens (tertiary/aromatic N) is 1. The van der Waals surface area contributed by atoms with Crippen LogP contribution in [0.15, 0.2) is 103 Å². The van der Waals surface area contributed by atoms with Crippen LogP contribution in [0.3, 0.4) is 0 Å². The Bertz CT molecular complexity index is 1330. The normalized spacial score (nSPS) is 13.2. The van der Waals surface area contributed by atoms with E-state index in [2.05, 4.69) is 108 Å². The lowest BCUT2D eigenvalue weighted by Crippen LogP contribution is -2.26. The average Bonchev–Trinajstić information content (AvgIpc) is 2.80. The molecule has 0 spiro atoms. The van der Waals surface area contributed by atoms with Crippen LogP contribution in [0.1, 0.15) is 12.0 Å². The third kappa shape index (κ3) is 2.55. The molecular formula is C28H21N. The van der Waals surface area contributed by atoms with Gasteiger partial charge in [0.1, 0.15) is 0 Å². The smallest absolute Gasteiger partial charge is 0.0458 e. The van der Waals surface area contributed by atoms with Gasteiger partial charge in [-0.2, -0.15) is 0 Å². The van der Waals surface area contributed by atoms with Crippen molar-refractivity contribution in [3.63, 3.8) is 0 Å². The number of hydrogen-bond acceptors (Lipinski definition) is 1. The lowest BCUT2D eigenvalue weighted by atomic mass is 9.88. The van der Waals surface area contributed by atoms with Crippen molar-refractivity contribution in [2.45, 2.75) is 12.8 Å². The van der Waals surface area contributed by atoms with E-state index < -0.39 is 0 Å². The van der Waals surface area contributed by atoms with E-state index >= 15 is 0 Å². The van der Waals surface area contributed by atoms with Gasteiger partial charge in [-0.1, -0.05) is 78.9 Å². The molecular weight excluding hydrogens is 350 g/mol. The molecule has 0 amide bonds. The Hall–Kier alpha value is -3.58. The predicted octanol–water partition coefficient (Wildman–Crippen LogP) is 6.60. The highest BCUT2D eigenvalue weighted by molar-refractivity contribution is 6.12. The Morgan fingerprint density at radius 1 is 0.483 bits per heavy atom. The van der Waals surface area contributed by atoms with Crippen LogP contribution in [0, 0.1) is 0 Å². The molecule has 0 saturated heterocycles. The summed E-state index contributed by atoms with van der Waals surface area (Å²) in [5.74, 6) is 0. The van der Waals surface area contributed by atoms with Gasteiger partial charge in [0, 0.05) is 22.3 Å². The minimum Gasteiger partial charge on any atom is -0.314 e. The van der Waals surface area contributed by atoms with Crippen molar-refractivity contribution in [1.29, 1.82) is 0 Å². The minimum absolute atomic E-state index is 1.03. The van der Waals surface area contributed by atoms with Crippen LogP contribution in [0.25, 0.3) is 27.2 Å². The van der Waals surface area contributed by atoms with Crippen molar-refractivity contribution in [1.82, 2.24) is 0 Å². The first kappa shape index (κ1) is 16.4. The van der Waals surface area contributed by atoms with E-state index in [1.165, 1.54) is 49.4 Å². The summed E-state index contributed by atoms with van der Waals surface area (Å²) in [4.78, 5) is 2.44. The lowest BCUT2D eigenvalue weighted by molar-refractivity contribution is 0.973. The molecule has 1 aliphatic rings. The molecule has 0 aliphatic heterocycles. The molecule has 0 unspecified atom stereocenters. The quantitative estimate of drug-likeness (QED) is 0.345. The van der Waals surface area contributed by atoms with Crippen LogP contribution in [0.2, 0.25) is 0 Å². The van der Waals surface area contributed by atoms with Crippen LogP contribution in [-0.4, -0.2) is 0 Å². The van der Waals surface area contributed by atoms with Crippen molar-refractivity contribution >= 4 is 38.6 Å². The van der Waals surface area contributed by atoms with Crippen LogP contribution in [0.5, 0.6) is 0 Å². The van der Waals surface area contributed by atoms with E-state index in [9.17, 15) is 0 Å². The zero-order valence-corrected chi connectivity index (χ0v) is 16.2. The standard InChI is InChI=1S/C28H21N/c1-3-10-23(11-4-1)29(24-12-5-2-6-13-24)26-19-17-22-15-14-20-8-7-9-21-16-18-25(26)28(22)27(20)21/h1-16,18H,17,19H2. The van der Waals surface area contributed by atoms with Crippen molar-refractivity contribution in [3.8, 4) is 0 Å². The van der Waals surface area contributed by atoms with Gasteiger partial charge >= 0.3 is 0 Å². The van der Waals surface area contributed by atoms with Gasteiger partial charge in [0.2, 0.25) is 0 Å². The molecule has 29 heavy (non-hydrogen) atoms. The molecule has 1 heteroatoms. The zero-order valence-electron chi connectivity index (χ0n) is 16.2. The number of para-hydroxylation sites is 2. The van der Waals surface area contributed by atoms with Crippen molar-refractivity contribution in [2.75, 3.05) is 4.90 Å². The fourth-order valence-electron chi connectivity index (χ4n) is 4.84. The summed E-state index contributed by atoms with van der Waals surface area (Å²) in [6, 6.07) is 37.3. The van der Waals surface area contributed by atoms with Crippen LogP contribution < -0.4 is 10.1 Å². The van der Waals surface area contributed by atoms with Crippen LogP contribution in [0.4, 0.5) is 11.4 Å². The molecule has 0 fully saturated rings. The van der Waals surface area contributed by atoms with Gasteiger partial charge in [-0.15, -0.1) is 0 Å². The summed E-state index contributed by atoms with van der Waals surface area (Å²) in [5, 5.41) is 6.85. The van der Waals surface area contributed by atoms with Gasteiger partial charge < -0.3 is 4.90 Å². The van der Waals surface area contributed by atoms with Gasteiger partial charge in [-0.3, -0.25) is 0 Å². The molecule has 1 aliphatic carbocycles. The summed E-state index contributed by atoms with van der Waals surface area (Å²) in [6.07, 6.45) is 2.10. The summed E-state index contributed by atoms with van der Waals surface area (Å²) < 4.78 is 0. The fraction of sp³-hybridized carbons (Fsp3) is 0.0714. The van der Waals surface area contributed by atoms with E-state index in [4.69, 9.17) is 0 Å². The monoisotopic (exact) mass is 371 g/mol. The summed E-state index contributed by atoms with van der Waals surface area (Å²) in [5.41, 5.74) is 5.27. The van der Waals surface area contributed by atoms with Gasteiger partial charge in [-0.05, 0) is 64.2 Å². The molecule has 0 heterocycles. The zero-order chi connectivity index (χ0) is 19.2. The second-order valence-electron chi connectivity index (χ2n) is 7.75. The van der Waals surface area contributed by atoms with E-state index in [0.29, 0.717) is 0 Å². The molecule has 0 saturated carbocycles. The Labute approximate surface area is 170 Å². The largest absolute Gasteiger partial charge is 0.314 e. The highest BCUT2D eigenvalue weighted by atomic mass is 15.1. The Kier molecular flexibility index (Phi) is 3.67. The molecule has 0 N–H and O–H groups in total. The molecule has 5 aromatic carbocycles. The minimum atomic E-state index is 1.03. The maximum atomic E-state index is 2.44. The summed E-state index contributed by atoms with van der Waals surface area (Å²) >= 11 is 0. The number of rotatable bonds is 3. The molecule has 0 aromatic heterocycles. The first-order valence-electron chi connectivity index (χ1n) is 10.3. The van der Waals surface area contributed by atoms with E-state index in [0.717, 1.165) is 12.8 Å². The van der Waals surface area contributed by atoms with Gasteiger partial charge in [-0.25, -0.2) is 0 Å². The van der Waals surface area contributed by atoms with Crippen LogP contribution in [-0.2, 0) is 6.42 Å². The fourth-order valence-corrected chi connectivity index (χ4v) is 4.84. The van der Waals surface area contributed by atoms with E-state index in [-0.39, 0.29) is 0 Å². The average molecular weight is 371 g/mol. The SMILES string of the molecule is c1ccc(N(C2=c3ccc4cccc5ccc(c3c54)CC2)c2ccccc2)cc1. The maximum Gasteiger partial charge on any atom is 0.0458 e. The van der Waals surface area contributed by atoms with E-state index in [1.54, 1.807) is 0 Å². The third-order valence-electron chi connectivity index (χ3n) is 6.10. The first-order valence-corrected chi connectivity index (χ1v) is 10.3. The lowest BCUT2D eigenvalue weighted by Gasteiger charge is -2.31. The number of anilines is 2. The van der Waals surface area contributed by atoms with Gasteiger partial charge in [0.15, 0.2) is 0 Å². The summed E-state index contributed by atoms with van der Waals surface area (Å²) in [7, 11) is 0. The summed E-state index contributed by atoms with van der Waals surface area (Å²) in [6.45, 7) is 0. The third-order valence-corrected chi connectivity index (χ3v) is 6.10. The van der Waals surface area contributed by atoms with E-state index in [1.807, 2.05) is 0 Å². The Morgan fingerprint density at radius 2 is 1.10 bits per heavy atom. The second kappa shape index (κ2) is 6.49. The molecule has 0 atom stereocenters. The number of aryl methyl sites for hydroxylation is 1. The molecule has 0 radical (unpaired) electrons. The molecule has 5 aromatic rings. The van der Waals surface area contributed by atoms with Crippen molar-refractivity contribution in [2.24, 2.45) is 0 Å². The second-order valence-corrected chi connectivity index (χ2v) is 7.75. The Morgan fingerprint density at radius 3 is 1.76 bits per heavy atom. The Balaban J connectivity index is 1.74. The molecule has 138 valence electrons. The van der Waals surface area contributed by atoms with Crippen LogP contribution >= 0.6 is 0 Å². The molecule has 6 rings (SSSR count). The first-order chi connectivity index (χ1) is 14.4. The maximum absolute atomic E-state index is 2.44. The van der Waals surface area contributed by atoms with Crippen molar-refractivity contribution in [3.05, 3.63) is 114 Å². The predicted molar refractivity (Wildman–Crippen MR) is 123 cm³/mol. The van der Waals surface area contributed by atoms with Crippen molar-refractivity contribution < 1.29 is 0 Å². The highest BCUT2D eigenvalue weighted by Crippen LogP contribution is 2.36. The van der Waals surface area contributed by atoms with Gasteiger partial charge in [0.25, 0.3) is 0 Å².